The van der Waals surface area contributed by atoms with E-state index in [9.17, 15) is 70.2 Å². The Labute approximate surface area is 307 Å². The Balaban J connectivity index is 1.28. The van der Waals surface area contributed by atoms with Crippen LogP contribution in [-0.4, -0.2) is 205 Å². The molecular formula is C31H50N2O21. The van der Waals surface area contributed by atoms with Crippen molar-refractivity contribution in [1.29, 1.82) is 0 Å². The minimum absolute atomic E-state index is 0.0197. The lowest BCUT2D eigenvalue weighted by molar-refractivity contribution is -0.366. The van der Waals surface area contributed by atoms with E-state index in [0.29, 0.717) is 24.3 Å². The van der Waals surface area contributed by atoms with Crippen LogP contribution in [0.1, 0.15) is 44.9 Å². The van der Waals surface area contributed by atoms with Crippen molar-refractivity contribution in [3.8, 4) is 0 Å². The van der Waals surface area contributed by atoms with Crippen molar-refractivity contribution < 1.29 is 104 Å². The maximum atomic E-state index is 12.3. The molecule has 23 nitrogen and oxygen atoms in total. The number of aliphatic hydroxyl groups is 10. The van der Waals surface area contributed by atoms with Gasteiger partial charge >= 0.3 is 5.97 Å². The van der Waals surface area contributed by atoms with Crippen LogP contribution in [-0.2, 0) is 52.4 Å². The molecule has 310 valence electrons. The summed E-state index contributed by atoms with van der Waals surface area (Å²) < 4.78 is 33.1. The van der Waals surface area contributed by atoms with Gasteiger partial charge in [-0.2, -0.15) is 0 Å². The fourth-order valence-electron chi connectivity index (χ4n) is 6.06. The van der Waals surface area contributed by atoms with Gasteiger partial charge in [-0.05, 0) is 12.8 Å². The Bertz CT molecular complexity index is 1230. The van der Waals surface area contributed by atoms with Crippen LogP contribution in [0.4, 0.5) is 0 Å². The van der Waals surface area contributed by atoms with Crippen molar-refractivity contribution >= 4 is 23.7 Å². The predicted octanol–water partition coefficient (Wildman–Crippen LogP) is -6.87. The second kappa shape index (κ2) is 20.6. The molecule has 23 heteroatoms. The van der Waals surface area contributed by atoms with Gasteiger partial charge in [-0.15, -0.1) is 5.06 Å². The van der Waals surface area contributed by atoms with Crippen LogP contribution >= 0.6 is 0 Å². The third-order valence-corrected chi connectivity index (χ3v) is 9.24. The molecule has 11 N–H and O–H groups in total. The Morgan fingerprint density at radius 1 is 0.648 bits per heavy atom. The van der Waals surface area contributed by atoms with Crippen LogP contribution in [0.5, 0.6) is 0 Å². The van der Waals surface area contributed by atoms with Crippen LogP contribution in [0, 0.1) is 0 Å². The molecule has 4 saturated heterocycles. The predicted molar refractivity (Wildman–Crippen MR) is 168 cm³/mol. The number of unbranched alkanes of at least 4 members (excludes halogenated alkanes) is 2. The molecule has 3 amide bonds. The summed E-state index contributed by atoms with van der Waals surface area (Å²) in [5.41, 5.74) is 0. The van der Waals surface area contributed by atoms with Gasteiger partial charge in [0.1, 0.15) is 73.2 Å². The van der Waals surface area contributed by atoms with Crippen molar-refractivity contribution in [2.75, 3.05) is 33.0 Å². The minimum Gasteiger partial charge on any atom is -0.394 e. The van der Waals surface area contributed by atoms with E-state index in [0.717, 1.165) is 0 Å². The standard InChI is InChI=1S/C31H50N2O21/c34-10-13-20(40)23(43)25(45)29(50-13)49-12-15-22(42)28(53-31-26(46)24(44)21(41)14(11-35)51-31)27(47)30(52-15)48-9-8-32-16(36)4-2-1-3-5-19(39)54-33-17(37)6-7-18(33)38/h13-15,20-31,34-35,40-47H,1-12H2,(H,32,36)/t13-,14-,15-,20-,21-,22-,23+,24+,25+,26+,27+,28+,29?,30-,31-/m1/s1. The molecule has 1 unspecified atom stereocenters. The van der Waals surface area contributed by atoms with Crippen molar-refractivity contribution in [2.24, 2.45) is 0 Å². The molecule has 4 heterocycles. The number of hydrogen-bond donors (Lipinski definition) is 11. The summed E-state index contributed by atoms with van der Waals surface area (Å²) >= 11 is 0. The highest BCUT2D eigenvalue weighted by Gasteiger charge is 2.52. The largest absolute Gasteiger partial charge is 0.394 e. The molecule has 0 aromatic carbocycles. The third-order valence-electron chi connectivity index (χ3n) is 9.24. The highest BCUT2D eigenvalue weighted by Crippen LogP contribution is 2.31. The molecule has 4 rings (SSSR count). The van der Waals surface area contributed by atoms with Crippen LogP contribution in [0.2, 0.25) is 0 Å². The lowest BCUT2D eigenvalue weighted by Gasteiger charge is -2.46. The molecule has 15 atom stereocenters. The number of aliphatic hydroxyl groups excluding tert-OH is 10. The minimum atomic E-state index is -1.91. The van der Waals surface area contributed by atoms with Gasteiger partial charge in [-0.1, -0.05) is 6.42 Å². The Morgan fingerprint density at radius 2 is 1.19 bits per heavy atom. The number of carbonyl (C=O) groups excluding carboxylic acids is 4. The lowest BCUT2D eigenvalue weighted by atomic mass is 9.96. The smallest absolute Gasteiger partial charge is 0.333 e. The number of nitrogens with zero attached hydrogens (tertiary/aromatic N) is 1. The van der Waals surface area contributed by atoms with Crippen molar-refractivity contribution in [3.63, 3.8) is 0 Å². The Kier molecular flexibility index (Phi) is 16.8. The molecule has 0 aromatic rings. The van der Waals surface area contributed by atoms with E-state index < -0.39 is 130 Å². The summed E-state index contributed by atoms with van der Waals surface area (Å²) in [4.78, 5) is 52.1. The molecule has 0 aliphatic carbocycles. The lowest BCUT2D eigenvalue weighted by Crippen LogP contribution is -2.65. The van der Waals surface area contributed by atoms with Gasteiger partial charge in [0.15, 0.2) is 18.9 Å². The van der Waals surface area contributed by atoms with Crippen LogP contribution in [0.15, 0.2) is 0 Å². The van der Waals surface area contributed by atoms with Gasteiger partial charge in [0.05, 0.1) is 26.4 Å². The maximum Gasteiger partial charge on any atom is 0.333 e. The van der Waals surface area contributed by atoms with E-state index in [4.69, 9.17) is 33.3 Å². The van der Waals surface area contributed by atoms with Gasteiger partial charge in [0.2, 0.25) is 5.91 Å². The first-order valence-electron chi connectivity index (χ1n) is 17.5. The number of hydrogen-bond acceptors (Lipinski definition) is 21. The number of ether oxygens (including phenoxy) is 6. The summed E-state index contributed by atoms with van der Waals surface area (Å²) in [6.45, 7) is -2.55. The highest BCUT2D eigenvalue weighted by atomic mass is 16.8. The molecule has 4 aliphatic rings. The topological polar surface area (TPSA) is 350 Å². The number of hydroxylamine groups is 2. The maximum absolute atomic E-state index is 12.3. The van der Waals surface area contributed by atoms with Gasteiger partial charge in [-0.25, -0.2) is 4.79 Å². The van der Waals surface area contributed by atoms with Crippen LogP contribution in [0.3, 0.4) is 0 Å². The van der Waals surface area contributed by atoms with Gasteiger partial charge in [0, 0.05) is 32.2 Å². The zero-order chi connectivity index (χ0) is 39.7. The molecule has 0 aromatic heterocycles. The monoisotopic (exact) mass is 786 g/mol. The van der Waals surface area contributed by atoms with E-state index in [-0.39, 0.29) is 44.7 Å². The number of carbonyl (C=O) groups is 4. The molecule has 4 aliphatic heterocycles. The van der Waals surface area contributed by atoms with E-state index in [1.54, 1.807) is 0 Å². The average Bonchev–Trinajstić information content (AvgIpc) is 3.46. The number of amides is 3. The van der Waals surface area contributed by atoms with E-state index in [1.807, 2.05) is 0 Å². The van der Waals surface area contributed by atoms with Crippen LogP contribution < -0.4 is 5.32 Å². The van der Waals surface area contributed by atoms with E-state index in [2.05, 4.69) is 5.32 Å². The number of rotatable bonds is 18. The SMILES string of the molecule is O=C(CCCCCC(=O)ON1C(=O)CCC1=O)NCCO[C@@H]1O[C@H](COC2O[C@H](CO)[C@@H](O)[C@H](O)[C@@H]2O)[C@@H](O)[C@H](O[C@H]2O[C@H](CO)[C@@H](O)[C@H](O)[C@@H]2O)[C@@H]1O. The van der Waals surface area contributed by atoms with Gasteiger partial charge in [0.25, 0.3) is 11.8 Å². The van der Waals surface area contributed by atoms with E-state index >= 15 is 0 Å². The number of imide groups is 1. The first-order valence-corrected chi connectivity index (χ1v) is 17.5. The molecule has 4 fully saturated rings. The molecule has 0 saturated carbocycles. The fourth-order valence-corrected chi connectivity index (χ4v) is 6.06. The normalized spacial score (nSPS) is 38.8. The molecular weight excluding hydrogens is 736 g/mol. The van der Waals surface area contributed by atoms with E-state index in [1.165, 1.54) is 0 Å². The molecule has 54 heavy (non-hydrogen) atoms. The number of nitrogens with one attached hydrogen (secondary N) is 1. The second-order valence-electron chi connectivity index (χ2n) is 13.2. The van der Waals surface area contributed by atoms with Crippen molar-refractivity contribution in [3.05, 3.63) is 0 Å². The second-order valence-corrected chi connectivity index (χ2v) is 13.2. The summed E-state index contributed by atoms with van der Waals surface area (Å²) in [6, 6.07) is 0. The van der Waals surface area contributed by atoms with Crippen molar-refractivity contribution in [2.45, 2.75) is 137 Å². The highest BCUT2D eigenvalue weighted by molar-refractivity contribution is 6.01. The van der Waals surface area contributed by atoms with Crippen molar-refractivity contribution in [1.82, 2.24) is 10.4 Å². The van der Waals surface area contributed by atoms with Crippen LogP contribution in [0.25, 0.3) is 0 Å². The van der Waals surface area contributed by atoms with Gasteiger partial charge < -0.3 is 89.6 Å². The first-order chi connectivity index (χ1) is 25.7. The molecule has 0 spiro atoms. The quantitative estimate of drug-likeness (QED) is 0.0454. The zero-order valence-electron chi connectivity index (χ0n) is 29.1. The summed E-state index contributed by atoms with van der Waals surface area (Å²) in [5.74, 6) is -2.30. The zero-order valence-corrected chi connectivity index (χ0v) is 29.1. The first kappa shape index (κ1) is 44.2. The average molecular weight is 787 g/mol. The summed E-state index contributed by atoms with van der Waals surface area (Å²) in [6.07, 6.45) is -24.2. The Morgan fingerprint density at radius 3 is 1.80 bits per heavy atom. The summed E-state index contributed by atoms with van der Waals surface area (Å²) in [7, 11) is 0. The van der Waals surface area contributed by atoms with Gasteiger partial charge in [-0.3, -0.25) is 14.4 Å². The Hall–Kier alpha value is -2.56. The molecule has 0 bridgehead atoms. The third kappa shape index (κ3) is 11.1. The fraction of sp³-hybridized carbons (Fsp3) is 0.871. The summed E-state index contributed by atoms with van der Waals surface area (Å²) in [5, 5.41) is 106. The molecule has 0 radical (unpaired) electrons.